The normalized spacial score (nSPS) is 17.9. The van der Waals surface area contributed by atoms with Gasteiger partial charge in [-0.05, 0) is 56.6 Å². The Hall–Kier alpha value is -3.17. The molecule has 1 saturated heterocycles. The van der Waals surface area contributed by atoms with Gasteiger partial charge in [-0.1, -0.05) is 24.3 Å². The smallest absolute Gasteiger partial charge is 0.241 e. The lowest BCUT2D eigenvalue weighted by Crippen LogP contribution is -2.49. The van der Waals surface area contributed by atoms with E-state index in [0.717, 1.165) is 25.1 Å². The molecule has 6 heteroatoms. The van der Waals surface area contributed by atoms with Crippen molar-refractivity contribution in [3.8, 4) is 6.07 Å². The Bertz CT molecular complexity index is 876. The summed E-state index contributed by atoms with van der Waals surface area (Å²) >= 11 is 0. The number of anilines is 2. The quantitative estimate of drug-likeness (QED) is 0.839. The third-order valence-electron chi connectivity index (χ3n) is 5.05. The maximum atomic E-state index is 12.6. The molecule has 0 bridgehead atoms. The molecule has 2 N–H and O–H groups in total. The van der Waals surface area contributed by atoms with E-state index in [0.29, 0.717) is 17.8 Å². The van der Waals surface area contributed by atoms with E-state index in [1.54, 1.807) is 24.3 Å². The first kappa shape index (κ1) is 19.6. The molecular weight excluding hydrogens is 352 g/mol. The average molecular weight is 376 g/mol. The van der Waals surface area contributed by atoms with Gasteiger partial charge < -0.3 is 10.6 Å². The van der Waals surface area contributed by atoms with Crippen LogP contribution in [0.5, 0.6) is 0 Å². The van der Waals surface area contributed by atoms with Gasteiger partial charge in [0.25, 0.3) is 0 Å². The number of piperidine rings is 1. The van der Waals surface area contributed by atoms with Gasteiger partial charge >= 0.3 is 0 Å². The van der Waals surface area contributed by atoms with Crippen molar-refractivity contribution in [1.82, 2.24) is 4.90 Å². The minimum Gasteiger partial charge on any atom is -0.326 e. The van der Waals surface area contributed by atoms with E-state index in [2.05, 4.69) is 16.7 Å². The van der Waals surface area contributed by atoms with Crippen molar-refractivity contribution in [2.24, 2.45) is 5.92 Å². The number of nitrogens with zero attached hydrogens (tertiary/aromatic N) is 2. The number of para-hydroxylation sites is 1. The standard InChI is InChI=1S/C22H24N4O2/c1-16(21(27)25-20-11-5-7-17(13-20)14-23)26-12-6-8-18(15-26)22(28)24-19-9-3-2-4-10-19/h2-5,7,9-11,13,16,18H,6,8,12,15H2,1H3,(H,24,28)(H,25,27)/t16-,18+/m1/s1. The Morgan fingerprint density at radius 2 is 1.86 bits per heavy atom. The van der Waals surface area contributed by atoms with Crippen molar-refractivity contribution in [3.63, 3.8) is 0 Å². The lowest BCUT2D eigenvalue weighted by molar-refractivity contribution is -0.125. The Morgan fingerprint density at radius 3 is 2.61 bits per heavy atom. The molecular formula is C22H24N4O2. The van der Waals surface area contributed by atoms with Gasteiger partial charge in [0.2, 0.25) is 11.8 Å². The third-order valence-corrected chi connectivity index (χ3v) is 5.05. The van der Waals surface area contributed by atoms with E-state index < -0.39 is 0 Å². The molecule has 1 heterocycles. The number of amides is 2. The molecule has 144 valence electrons. The maximum absolute atomic E-state index is 12.6. The van der Waals surface area contributed by atoms with Crippen molar-refractivity contribution < 1.29 is 9.59 Å². The minimum absolute atomic E-state index is 0.00905. The number of hydrogen-bond donors (Lipinski definition) is 2. The first-order chi connectivity index (χ1) is 13.6. The fourth-order valence-corrected chi connectivity index (χ4v) is 3.42. The SMILES string of the molecule is C[C@H](C(=O)Nc1cccc(C#N)c1)N1CCC[C@H](C(=O)Nc2ccccc2)C1. The molecule has 0 spiro atoms. The molecule has 0 unspecified atom stereocenters. The zero-order valence-electron chi connectivity index (χ0n) is 15.9. The van der Waals surface area contributed by atoms with E-state index in [1.165, 1.54) is 0 Å². The predicted molar refractivity (Wildman–Crippen MR) is 109 cm³/mol. The average Bonchev–Trinajstić information content (AvgIpc) is 2.74. The molecule has 2 aromatic rings. The monoisotopic (exact) mass is 376 g/mol. The molecule has 0 saturated carbocycles. The van der Waals surface area contributed by atoms with Gasteiger partial charge in [0, 0.05) is 17.9 Å². The lowest BCUT2D eigenvalue weighted by atomic mass is 9.95. The highest BCUT2D eigenvalue weighted by atomic mass is 16.2. The summed E-state index contributed by atoms with van der Waals surface area (Å²) in [7, 11) is 0. The number of likely N-dealkylation sites (tertiary alicyclic amines) is 1. The molecule has 0 aliphatic carbocycles. The van der Waals surface area contributed by atoms with Crippen LogP contribution in [-0.2, 0) is 9.59 Å². The first-order valence-electron chi connectivity index (χ1n) is 9.48. The fourth-order valence-electron chi connectivity index (χ4n) is 3.42. The van der Waals surface area contributed by atoms with Gasteiger partial charge in [-0.25, -0.2) is 0 Å². The van der Waals surface area contributed by atoms with Crippen LogP contribution in [-0.4, -0.2) is 35.8 Å². The van der Waals surface area contributed by atoms with Crippen LogP contribution in [0, 0.1) is 17.2 Å². The Kier molecular flexibility index (Phi) is 6.41. The van der Waals surface area contributed by atoms with Crippen LogP contribution in [0.1, 0.15) is 25.3 Å². The molecule has 6 nitrogen and oxygen atoms in total. The molecule has 0 aromatic heterocycles. The van der Waals surface area contributed by atoms with Gasteiger partial charge in [-0.2, -0.15) is 5.26 Å². The summed E-state index contributed by atoms with van der Waals surface area (Å²) in [5.41, 5.74) is 1.89. The zero-order chi connectivity index (χ0) is 19.9. The van der Waals surface area contributed by atoms with E-state index >= 15 is 0 Å². The summed E-state index contributed by atoms with van der Waals surface area (Å²) in [6.07, 6.45) is 1.68. The molecule has 28 heavy (non-hydrogen) atoms. The van der Waals surface area contributed by atoms with E-state index in [9.17, 15) is 9.59 Å². The van der Waals surface area contributed by atoms with Gasteiger partial charge in [0.05, 0.1) is 23.6 Å². The third kappa shape index (κ3) is 4.96. The second-order valence-electron chi connectivity index (χ2n) is 7.05. The number of carbonyl (C=O) groups excluding carboxylic acids is 2. The second-order valence-corrected chi connectivity index (χ2v) is 7.05. The van der Waals surface area contributed by atoms with Crippen LogP contribution in [0.2, 0.25) is 0 Å². The highest BCUT2D eigenvalue weighted by Gasteiger charge is 2.31. The molecule has 2 amide bonds. The molecule has 1 fully saturated rings. The number of benzene rings is 2. The molecule has 3 rings (SSSR count). The van der Waals surface area contributed by atoms with Crippen molar-refractivity contribution >= 4 is 23.2 Å². The van der Waals surface area contributed by atoms with Crippen LogP contribution in [0.25, 0.3) is 0 Å². The van der Waals surface area contributed by atoms with Crippen LogP contribution >= 0.6 is 0 Å². The Balaban J connectivity index is 1.58. The molecule has 1 aliphatic rings. The zero-order valence-corrected chi connectivity index (χ0v) is 15.9. The van der Waals surface area contributed by atoms with Gasteiger partial charge in [-0.3, -0.25) is 14.5 Å². The van der Waals surface area contributed by atoms with Crippen molar-refractivity contribution in [3.05, 3.63) is 60.2 Å². The largest absolute Gasteiger partial charge is 0.326 e. The fraction of sp³-hybridized carbons (Fsp3) is 0.318. The summed E-state index contributed by atoms with van der Waals surface area (Å²) in [6, 6.07) is 18.0. The molecule has 2 aromatic carbocycles. The molecule has 2 atom stereocenters. The summed E-state index contributed by atoms with van der Waals surface area (Å²) in [5.74, 6) is -0.296. The predicted octanol–water partition coefficient (Wildman–Crippen LogP) is 3.24. The van der Waals surface area contributed by atoms with Crippen molar-refractivity contribution in [2.75, 3.05) is 23.7 Å². The van der Waals surface area contributed by atoms with Crippen LogP contribution in [0.3, 0.4) is 0 Å². The van der Waals surface area contributed by atoms with E-state index in [1.807, 2.05) is 42.2 Å². The van der Waals surface area contributed by atoms with Gasteiger partial charge in [-0.15, -0.1) is 0 Å². The Labute approximate surface area is 165 Å². The lowest BCUT2D eigenvalue weighted by Gasteiger charge is -2.35. The Morgan fingerprint density at radius 1 is 1.11 bits per heavy atom. The van der Waals surface area contributed by atoms with E-state index in [4.69, 9.17) is 5.26 Å². The van der Waals surface area contributed by atoms with Crippen LogP contribution < -0.4 is 10.6 Å². The van der Waals surface area contributed by atoms with E-state index in [-0.39, 0.29) is 23.8 Å². The summed E-state index contributed by atoms with van der Waals surface area (Å²) in [6.45, 7) is 3.17. The van der Waals surface area contributed by atoms with Crippen molar-refractivity contribution in [2.45, 2.75) is 25.8 Å². The maximum Gasteiger partial charge on any atom is 0.241 e. The van der Waals surface area contributed by atoms with Crippen LogP contribution in [0.15, 0.2) is 54.6 Å². The number of nitrogens with one attached hydrogen (secondary N) is 2. The number of carbonyl (C=O) groups is 2. The van der Waals surface area contributed by atoms with Gasteiger partial charge in [0.15, 0.2) is 0 Å². The topological polar surface area (TPSA) is 85.2 Å². The number of hydrogen-bond acceptors (Lipinski definition) is 4. The number of nitriles is 1. The van der Waals surface area contributed by atoms with Gasteiger partial charge in [0.1, 0.15) is 0 Å². The summed E-state index contributed by atoms with van der Waals surface area (Å²) < 4.78 is 0. The first-order valence-corrected chi connectivity index (χ1v) is 9.48. The number of rotatable bonds is 5. The minimum atomic E-state index is -0.363. The highest BCUT2D eigenvalue weighted by molar-refractivity contribution is 5.95. The highest BCUT2D eigenvalue weighted by Crippen LogP contribution is 2.21. The summed E-state index contributed by atoms with van der Waals surface area (Å²) in [5, 5.41) is 14.8. The molecule has 1 aliphatic heterocycles. The molecule has 0 radical (unpaired) electrons. The van der Waals surface area contributed by atoms with Crippen molar-refractivity contribution in [1.29, 1.82) is 5.26 Å². The van der Waals surface area contributed by atoms with Crippen LogP contribution in [0.4, 0.5) is 11.4 Å². The second kappa shape index (κ2) is 9.16. The summed E-state index contributed by atoms with van der Waals surface area (Å²) in [4.78, 5) is 27.3.